The Labute approximate surface area is 143 Å². The van der Waals surface area contributed by atoms with Gasteiger partial charge in [0, 0.05) is 41.6 Å². The quantitative estimate of drug-likeness (QED) is 0.568. The highest BCUT2D eigenvalue weighted by Gasteiger charge is 2.14. The van der Waals surface area contributed by atoms with Crippen LogP contribution in [-0.4, -0.2) is 16.6 Å². The van der Waals surface area contributed by atoms with Gasteiger partial charge in [-0.2, -0.15) is 0 Å². The molecular weight excluding hydrogens is 321 g/mol. The molecule has 0 bridgehead atoms. The van der Waals surface area contributed by atoms with Gasteiger partial charge in [0.1, 0.15) is 5.82 Å². The van der Waals surface area contributed by atoms with Gasteiger partial charge < -0.3 is 9.88 Å². The minimum atomic E-state index is -0.231. The van der Waals surface area contributed by atoms with Crippen LogP contribution in [0.2, 0.25) is 0 Å². The molecule has 0 saturated heterocycles. The van der Waals surface area contributed by atoms with Crippen molar-refractivity contribution in [2.75, 3.05) is 12.4 Å². The van der Waals surface area contributed by atoms with Gasteiger partial charge in [-0.3, -0.25) is 0 Å². The van der Waals surface area contributed by atoms with Crippen LogP contribution >= 0.6 is 11.3 Å². The molecule has 0 radical (unpaired) electrons. The molecule has 0 aliphatic carbocycles. The molecule has 0 atom stereocenters. The van der Waals surface area contributed by atoms with E-state index in [1.165, 1.54) is 11.6 Å². The second-order valence-corrected chi connectivity index (χ2v) is 6.46. The highest BCUT2D eigenvalue weighted by Crippen LogP contribution is 2.33. The molecule has 24 heavy (non-hydrogen) atoms. The van der Waals surface area contributed by atoms with Crippen LogP contribution < -0.4 is 5.32 Å². The molecule has 3 nitrogen and oxygen atoms in total. The van der Waals surface area contributed by atoms with Crippen LogP contribution in [0, 0.1) is 5.82 Å². The van der Waals surface area contributed by atoms with Crippen molar-refractivity contribution in [2.24, 2.45) is 0 Å². The van der Waals surface area contributed by atoms with Crippen LogP contribution in [-0.2, 0) is 6.54 Å². The Morgan fingerprint density at radius 1 is 1.17 bits per heavy atom. The lowest BCUT2D eigenvalue weighted by Crippen LogP contribution is -1.97. The summed E-state index contributed by atoms with van der Waals surface area (Å²) in [7, 11) is 1.85. The van der Waals surface area contributed by atoms with Gasteiger partial charge in [-0.15, -0.1) is 11.3 Å². The van der Waals surface area contributed by atoms with E-state index in [4.69, 9.17) is 0 Å². The van der Waals surface area contributed by atoms with E-state index in [0.29, 0.717) is 0 Å². The van der Waals surface area contributed by atoms with Crippen molar-refractivity contribution < 1.29 is 4.39 Å². The molecule has 4 aromatic rings. The third-order valence-electron chi connectivity index (χ3n) is 4.03. The highest BCUT2D eigenvalue weighted by molar-refractivity contribution is 7.14. The van der Waals surface area contributed by atoms with Crippen LogP contribution in [0.5, 0.6) is 0 Å². The lowest BCUT2D eigenvalue weighted by Gasteiger charge is -2.05. The van der Waals surface area contributed by atoms with Crippen molar-refractivity contribution in [3.8, 4) is 11.3 Å². The number of rotatable bonds is 4. The summed E-state index contributed by atoms with van der Waals surface area (Å²) in [6, 6.07) is 15.2. The molecule has 1 N–H and O–H groups in total. The van der Waals surface area contributed by atoms with Crippen molar-refractivity contribution in [2.45, 2.75) is 6.54 Å². The first kappa shape index (κ1) is 14.9. The number of benzene rings is 2. The number of aromatic nitrogens is 2. The first-order valence-corrected chi connectivity index (χ1v) is 8.58. The van der Waals surface area contributed by atoms with Gasteiger partial charge in [0.15, 0.2) is 5.13 Å². The molecule has 2 aromatic heterocycles. The number of fused-ring (bicyclic) bond motifs is 1. The van der Waals surface area contributed by atoms with Gasteiger partial charge in [-0.05, 0) is 23.8 Å². The zero-order valence-electron chi connectivity index (χ0n) is 13.2. The highest BCUT2D eigenvalue weighted by atomic mass is 32.1. The number of hydrogen-bond donors (Lipinski definition) is 1. The topological polar surface area (TPSA) is 29.9 Å². The molecule has 0 aliphatic rings. The SMILES string of the molecule is CNc1nc(-c2cn(Cc3ccccc3)c3ccc(F)cc23)cs1. The Kier molecular flexibility index (Phi) is 3.78. The average molecular weight is 337 g/mol. The number of nitrogens with zero attached hydrogens (tertiary/aromatic N) is 2. The summed E-state index contributed by atoms with van der Waals surface area (Å²) in [5.41, 5.74) is 4.04. The molecule has 0 spiro atoms. The van der Waals surface area contributed by atoms with Gasteiger partial charge in [0.05, 0.1) is 5.69 Å². The summed E-state index contributed by atoms with van der Waals surface area (Å²) in [6.45, 7) is 0.742. The van der Waals surface area contributed by atoms with Crippen LogP contribution in [0.4, 0.5) is 9.52 Å². The lowest BCUT2D eigenvalue weighted by atomic mass is 10.1. The molecule has 120 valence electrons. The van der Waals surface area contributed by atoms with Gasteiger partial charge in [0.2, 0.25) is 0 Å². The third kappa shape index (κ3) is 2.67. The van der Waals surface area contributed by atoms with Gasteiger partial charge in [0.25, 0.3) is 0 Å². The molecule has 0 saturated carbocycles. The average Bonchev–Trinajstić information content (AvgIpc) is 3.20. The van der Waals surface area contributed by atoms with Gasteiger partial charge >= 0.3 is 0 Å². The van der Waals surface area contributed by atoms with Crippen molar-refractivity contribution in [3.63, 3.8) is 0 Å². The summed E-state index contributed by atoms with van der Waals surface area (Å²) in [6.07, 6.45) is 2.06. The van der Waals surface area contributed by atoms with Gasteiger partial charge in [-0.1, -0.05) is 30.3 Å². The monoisotopic (exact) mass is 337 g/mol. The zero-order chi connectivity index (χ0) is 16.5. The minimum Gasteiger partial charge on any atom is -0.365 e. The molecule has 0 fully saturated rings. The van der Waals surface area contributed by atoms with Crippen LogP contribution in [0.3, 0.4) is 0 Å². The number of anilines is 1. The summed E-state index contributed by atoms with van der Waals surface area (Å²) in [4.78, 5) is 4.57. The summed E-state index contributed by atoms with van der Waals surface area (Å²) in [5.74, 6) is -0.231. The first-order chi connectivity index (χ1) is 11.7. The predicted molar refractivity (Wildman–Crippen MR) is 98.1 cm³/mol. The fraction of sp³-hybridized carbons (Fsp3) is 0.105. The Bertz CT molecular complexity index is 988. The van der Waals surface area contributed by atoms with Gasteiger partial charge in [-0.25, -0.2) is 9.37 Å². The molecule has 0 amide bonds. The number of halogens is 1. The summed E-state index contributed by atoms with van der Waals surface area (Å²) >= 11 is 1.55. The molecule has 2 aromatic carbocycles. The predicted octanol–water partition coefficient (Wildman–Crippen LogP) is 4.99. The maximum atomic E-state index is 13.8. The molecular formula is C19H16FN3S. The van der Waals surface area contributed by atoms with E-state index in [0.717, 1.165) is 33.8 Å². The van der Waals surface area contributed by atoms with Crippen molar-refractivity contribution in [1.29, 1.82) is 0 Å². The Balaban J connectivity index is 1.86. The number of nitrogens with one attached hydrogen (secondary N) is 1. The van der Waals surface area contributed by atoms with E-state index < -0.39 is 0 Å². The van der Waals surface area contributed by atoms with E-state index in [-0.39, 0.29) is 5.82 Å². The minimum absolute atomic E-state index is 0.231. The van der Waals surface area contributed by atoms with E-state index in [9.17, 15) is 4.39 Å². The maximum Gasteiger partial charge on any atom is 0.182 e. The second kappa shape index (κ2) is 6.09. The Morgan fingerprint density at radius 2 is 2.00 bits per heavy atom. The summed E-state index contributed by atoms with van der Waals surface area (Å²) < 4.78 is 16.0. The third-order valence-corrected chi connectivity index (χ3v) is 4.89. The molecule has 2 heterocycles. The molecule has 0 aliphatic heterocycles. The van der Waals surface area contributed by atoms with E-state index in [1.54, 1.807) is 17.4 Å². The molecule has 0 unspecified atom stereocenters. The fourth-order valence-corrected chi connectivity index (χ4v) is 3.57. The molecule has 5 heteroatoms. The standard InChI is InChI=1S/C19H16FN3S/c1-21-19-22-17(12-24-19)16-11-23(10-13-5-3-2-4-6-13)18-8-7-14(20)9-15(16)18/h2-9,11-12H,10H2,1H3,(H,21,22). The normalized spacial score (nSPS) is 11.1. The second-order valence-electron chi connectivity index (χ2n) is 5.61. The van der Waals surface area contributed by atoms with Crippen molar-refractivity contribution >= 4 is 27.4 Å². The fourth-order valence-electron chi connectivity index (χ4n) is 2.90. The number of hydrogen-bond acceptors (Lipinski definition) is 3. The van der Waals surface area contributed by atoms with Crippen LogP contribution in [0.25, 0.3) is 22.2 Å². The van der Waals surface area contributed by atoms with E-state index in [1.807, 2.05) is 36.7 Å². The Morgan fingerprint density at radius 3 is 2.75 bits per heavy atom. The first-order valence-electron chi connectivity index (χ1n) is 7.70. The van der Waals surface area contributed by atoms with Crippen molar-refractivity contribution in [1.82, 2.24) is 9.55 Å². The van der Waals surface area contributed by atoms with E-state index >= 15 is 0 Å². The van der Waals surface area contributed by atoms with Crippen LogP contribution in [0.1, 0.15) is 5.56 Å². The molecule has 4 rings (SSSR count). The van der Waals surface area contributed by atoms with E-state index in [2.05, 4.69) is 33.2 Å². The van der Waals surface area contributed by atoms with Crippen LogP contribution in [0.15, 0.2) is 60.1 Å². The maximum absolute atomic E-state index is 13.8. The number of thiazole rings is 1. The van der Waals surface area contributed by atoms with Crippen molar-refractivity contribution in [3.05, 3.63) is 71.5 Å². The zero-order valence-corrected chi connectivity index (χ0v) is 14.0. The lowest BCUT2D eigenvalue weighted by molar-refractivity contribution is 0.629. The largest absolute Gasteiger partial charge is 0.365 e. The smallest absolute Gasteiger partial charge is 0.182 e. The Hall–Kier alpha value is -2.66. The summed E-state index contributed by atoms with van der Waals surface area (Å²) in [5, 5.41) is 6.79.